The van der Waals surface area contributed by atoms with Crippen molar-refractivity contribution in [2.75, 3.05) is 19.1 Å². The summed E-state index contributed by atoms with van der Waals surface area (Å²) in [6.07, 6.45) is 0. The van der Waals surface area contributed by atoms with Gasteiger partial charge in [0.05, 0.1) is 19.1 Å². The molecule has 0 N–H and O–H groups in total. The number of hydrogen-bond acceptors (Lipinski definition) is 2. The summed E-state index contributed by atoms with van der Waals surface area (Å²) < 4.78 is 11.2. The van der Waals surface area contributed by atoms with Gasteiger partial charge in [-0.2, -0.15) is 0 Å². The van der Waals surface area contributed by atoms with E-state index in [1.807, 2.05) is 12.1 Å². The Bertz CT molecular complexity index is 339. The van der Waals surface area contributed by atoms with Crippen molar-refractivity contribution >= 4 is 11.6 Å². The summed E-state index contributed by atoms with van der Waals surface area (Å²) in [5.74, 6) is 0.136. The first-order valence-corrected chi connectivity index (χ1v) is 6.16. The molecule has 0 atom stereocenters. The van der Waals surface area contributed by atoms with Crippen molar-refractivity contribution in [3.8, 4) is 0 Å². The van der Waals surface area contributed by atoms with E-state index in [0.717, 1.165) is 5.56 Å². The molecule has 1 aromatic rings. The minimum atomic E-state index is -0.725. The molecule has 0 spiro atoms. The van der Waals surface area contributed by atoms with Gasteiger partial charge in [0.1, 0.15) is 0 Å². The second-order valence-electron chi connectivity index (χ2n) is 4.36. The molecule has 0 radical (unpaired) electrons. The quantitative estimate of drug-likeness (QED) is 0.756. The van der Waals surface area contributed by atoms with E-state index in [-0.39, 0.29) is 0 Å². The van der Waals surface area contributed by atoms with Crippen molar-refractivity contribution in [3.63, 3.8) is 0 Å². The van der Waals surface area contributed by atoms with Crippen LogP contribution in [0.2, 0.25) is 0 Å². The molecule has 0 amide bonds. The highest BCUT2D eigenvalue weighted by Crippen LogP contribution is 2.33. The average molecular weight is 241 g/mol. The Hall–Kier alpha value is -0.570. The van der Waals surface area contributed by atoms with Crippen LogP contribution >= 0.6 is 11.6 Å². The smallest absolute Gasteiger partial charge is 0.208 e. The van der Waals surface area contributed by atoms with Crippen LogP contribution in [0, 0.1) is 0 Å². The molecule has 88 valence electrons. The zero-order chi connectivity index (χ0) is 11.6. The normalized spacial score (nSPS) is 19.2. The fourth-order valence-electron chi connectivity index (χ4n) is 1.90. The first-order chi connectivity index (χ1) is 7.68. The van der Waals surface area contributed by atoms with E-state index >= 15 is 0 Å². The highest BCUT2D eigenvalue weighted by molar-refractivity contribution is 6.18. The molecular formula is C13H17ClO2. The molecule has 1 aromatic carbocycles. The van der Waals surface area contributed by atoms with E-state index in [1.165, 1.54) is 5.56 Å². The highest BCUT2D eigenvalue weighted by atomic mass is 35.5. The number of ether oxygens (including phenoxy) is 2. The van der Waals surface area contributed by atoms with Gasteiger partial charge >= 0.3 is 0 Å². The van der Waals surface area contributed by atoms with E-state index in [0.29, 0.717) is 25.0 Å². The molecule has 1 aliphatic heterocycles. The van der Waals surface area contributed by atoms with Crippen molar-refractivity contribution in [2.24, 2.45) is 0 Å². The molecule has 0 saturated carbocycles. The standard InChI is InChI=1S/C13H17ClO2/c1-10(2)11-3-5-12(6-4-11)13(9-14)15-7-8-16-13/h3-6,10H,7-9H2,1-2H3. The van der Waals surface area contributed by atoms with Gasteiger partial charge in [-0.25, -0.2) is 0 Å². The van der Waals surface area contributed by atoms with Crippen LogP contribution in [-0.2, 0) is 15.3 Å². The third-order valence-electron chi connectivity index (χ3n) is 2.95. The van der Waals surface area contributed by atoms with Crippen LogP contribution in [-0.4, -0.2) is 19.1 Å². The van der Waals surface area contributed by atoms with Gasteiger partial charge in [0.25, 0.3) is 0 Å². The summed E-state index contributed by atoms with van der Waals surface area (Å²) in [6, 6.07) is 8.31. The number of halogens is 1. The fourth-order valence-corrected chi connectivity index (χ4v) is 2.21. The highest BCUT2D eigenvalue weighted by Gasteiger charge is 2.37. The zero-order valence-corrected chi connectivity index (χ0v) is 10.5. The second kappa shape index (κ2) is 4.74. The van der Waals surface area contributed by atoms with Crippen molar-refractivity contribution in [3.05, 3.63) is 35.4 Å². The third-order valence-corrected chi connectivity index (χ3v) is 3.30. The number of hydrogen-bond donors (Lipinski definition) is 0. The molecule has 2 rings (SSSR count). The molecule has 1 fully saturated rings. The Labute approximate surface area is 102 Å². The number of rotatable bonds is 3. The van der Waals surface area contributed by atoms with Gasteiger partial charge in [-0.3, -0.25) is 0 Å². The summed E-state index contributed by atoms with van der Waals surface area (Å²) in [6.45, 7) is 5.57. The first-order valence-electron chi connectivity index (χ1n) is 5.62. The maximum atomic E-state index is 5.95. The van der Waals surface area contributed by atoms with E-state index in [9.17, 15) is 0 Å². The maximum Gasteiger partial charge on any atom is 0.208 e. The van der Waals surface area contributed by atoms with E-state index in [4.69, 9.17) is 21.1 Å². The minimum absolute atomic E-state index is 0.327. The van der Waals surface area contributed by atoms with Gasteiger partial charge in [-0.1, -0.05) is 38.1 Å². The topological polar surface area (TPSA) is 18.5 Å². The van der Waals surface area contributed by atoms with Crippen molar-refractivity contribution < 1.29 is 9.47 Å². The average Bonchev–Trinajstić information content (AvgIpc) is 2.79. The molecule has 0 aliphatic carbocycles. The lowest BCUT2D eigenvalue weighted by Gasteiger charge is -2.25. The van der Waals surface area contributed by atoms with Crippen LogP contribution in [0.3, 0.4) is 0 Å². The molecule has 0 aromatic heterocycles. The van der Waals surface area contributed by atoms with Crippen molar-refractivity contribution in [2.45, 2.75) is 25.6 Å². The largest absolute Gasteiger partial charge is 0.342 e. The maximum absolute atomic E-state index is 5.95. The fraction of sp³-hybridized carbons (Fsp3) is 0.538. The van der Waals surface area contributed by atoms with Gasteiger partial charge in [0.2, 0.25) is 5.79 Å². The van der Waals surface area contributed by atoms with E-state index in [1.54, 1.807) is 0 Å². The summed E-state index contributed by atoms with van der Waals surface area (Å²) in [5, 5.41) is 0. The molecule has 1 saturated heterocycles. The van der Waals surface area contributed by atoms with Crippen LogP contribution in [0.25, 0.3) is 0 Å². The van der Waals surface area contributed by atoms with Crippen molar-refractivity contribution in [1.82, 2.24) is 0 Å². The molecule has 0 bridgehead atoms. The van der Waals surface area contributed by atoms with Crippen molar-refractivity contribution in [1.29, 1.82) is 0 Å². The predicted octanol–water partition coefficient (Wildman–Crippen LogP) is 3.25. The SMILES string of the molecule is CC(C)c1ccc(C2(CCl)OCCO2)cc1. The van der Waals surface area contributed by atoms with Crippen LogP contribution < -0.4 is 0 Å². The van der Waals surface area contributed by atoms with Crippen LogP contribution in [0.1, 0.15) is 30.9 Å². The third kappa shape index (κ3) is 2.10. The second-order valence-corrected chi connectivity index (χ2v) is 4.63. The molecular weight excluding hydrogens is 224 g/mol. The molecule has 0 unspecified atom stereocenters. The molecule has 2 nitrogen and oxygen atoms in total. The minimum Gasteiger partial charge on any atom is -0.342 e. The first kappa shape index (κ1) is 11.9. The van der Waals surface area contributed by atoms with E-state index < -0.39 is 5.79 Å². The number of benzene rings is 1. The van der Waals surface area contributed by atoms with Gasteiger partial charge < -0.3 is 9.47 Å². The lowest BCUT2D eigenvalue weighted by Crippen LogP contribution is -2.29. The lowest BCUT2D eigenvalue weighted by atomic mass is 9.99. The summed E-state index contributed by atoms with van der Waals surface area (Å²) in [7, 11) is 0. The van der Waals surface area contributed by atoms with Crippen LogP contribution in [0.4, 0.5) is 0 Å². The Balaban J connectivity index is 2.26. The molecule has 3 heteroatoms. The Kier molecular flexibility index (Phi) is 3.53. The number of alkyl halides is 1. The molecule has 1 heterocycles. The molecule has 16 heavy (non-hydrogen) atoms. The van der Waals surface area contributed by atoms with Gasteiger partial charge in [-0.05, 0) is 11.5 Å². The zero-order valence-electron chi connectivity index (χ0n) is 9.70. The van der Waals surface area contributed by atoms with Crippen LogP contribution in [0.15, 0.2) is 24.3 Å². The Morgan fingerprint density at radius 1 is 1.19 bits per heavy atom. The molecule has 1 aliphatic rings. The van der Waals surface area contributed by atoms with Gasteiger partial charge in [-0.15, -0.1) is 11.6 Å². The Morgan fingerprint density at radius 2 is 1.75 bits per heavy atom. The van der Waals surface area contributed by atoms with Gasteiger partial charge in [0.15, 0.2) is 0 Å². The van der Waals surface area contributed by atoms with Gasteiger partial charge in [0, 0.05) is 5.56 Å². The predicted molar refractivity (Wildman–Crippen MR) is 64.8 cm³/mol. The lowest BCUT2D eigenvalue weighted by molar-refractivity contribution is -0.146. The summed E-state index contributed by atoms with van der Waals surface area (Å²) >= 11 is 5.95. The van der Waals surface area contributed by atoms with E-state index in [2.05, 4.69) is 26.0 Å². The Morgan fingerprint density at radius 3 is 2.19 bits per heavy atom. The monoisotopic (exact) mass is 240 g/mol. The summed E-state index contributed by atoms with van der Waals surface area (Å²) in [5.41, 5.74) is 2.32. The van der Waals surface area contributed by atoms with Crippen LogP contribution in [0.5, 0.6) is 0 Å². The summed E-state index contributed by atoms with van der Waals surface area (Å²) in [4.78, 5) is 0.